The van der Waals surface area contributed by atoms with Crippen LogP contribution in [0, 0.1) is 6.92 Å². The van der Waals surface area contributed by atoms with E-state index in [-0.39, 0.29) is 6.10 Å². The number of aryl methyl sites for hydroxylation is 1. The lowest BCUT2D eigenvalue weighted by Gasteiger charge is -2.26. The summed E-state index contributed by atoms with van der Waals surface area (Å²) in [6.07, 6.45) is 2.49. The lowest BCUT2D eigenvalue weighted by molar-refractivity contribution is 0.0671. The third kappa shape index (κ3) is 4.50. The number of ether oxygens (including phenoxy) is 4. The van der Waals surface area contributed by atoms with Gasteiger partial charge in [-0.1, -0.05) is 24.3 Å². The Morgan fingerprint density at radius 3 is 2.48 bits per heavy atom. The zero-order valence-corrected chi connectivity index (χ0v) is 18.9. The third-order valence-electron chi connectivity index (χ3n) is 6.12. The number of fused-ring (bicyclic) bond motifs is 1. The Kier molecular flexibility index (Phi) is 6.68. The van der Waals surface area contributed by atoms with E-state index in [9.17, 15) is 0 Å². The van der Waals surface area contributed by atoms with Crippen LogP contribution in [0.5, 0.6) is 17.2 Å². The van der Waals surface area contributed by atoms with Crippen LogP contribution < -0.4 is 14.2 Å². The van der Waals surface area contributed by atoms with Crippen molar-refractivity contribution in [3.05, 3.63) is 53.2 Å². The van der Waals surface area contributed by atoms with Crippen molar-refractivity contribution < 1.29 is 18.9 Å². The summed E-state index contributed by atoms with van der Waals surface area (Å²) in [4.78, 5) is 6.04. The van der Waals surface area contributed by atoms with E-state index in [4.69, 9.17) is 18.9 Å². The summed E-state index contributed by atoms with van der Waals surface area (Å²) in [7, 11) is 4.95. The molecule has 0 radical (unpaired) electrons. The molecule has 1 atom stereocenters. The van der Waals surface area contributed by atoms with Crippen LogP contribution in [-0.2, 0) is 17.8 Å². The van der Waals surface area contributed by atoms with Gasteiger partial charge in [-0.2, -0.15) is 0 Å². The second-order valence-corrected chi connectivity index (χ2v) is 8.07. The molecule has 166 valence electrons. The number of nitrogens with one attached hydrogen (secondary N) is 1. The molecule has 1 saturated heterocycles. The van der Waals surface area contributed by atoms with Gasteiger partial charge in [0.2, 0.25) is 5.75 Å². The number of para-hydroxylation sites is 1. The van der Waals surface area contributed by atoms with Crippen LogP contribution in [0.15, 0.2) is 36.4 Å². The smallest absolute Gasteiger partial charge is 0.203 e. The first-order valence-electron chi connectivity index (χ1n) is 10.8. The van der Waals surface area contributed by atoms with E-state index in [1.807, 2.05) is 6.07 Å². The Balaban J connectivity index is 1.64. The molecule has 4 rings (SSSR count). The molecule has 1 fully saturated rings. The fourth-order valence-corrected chi connectivity index (χ4v) is 4.51. The minimum atomic E-state index is 0.260. The Morgan fingerprint density at radius 1 is 1.00 bits per heavy atom. The average molecular weight is 425 g/mol. The third-order valence-corrected chi connectivity index (χ3v) is 6.12. The second-order valence-electron chi connectivity index (χ2n) is 8.07. The van der Waals surface area contributed by atoms with E-state index in [1.54, 1.807) is 21.3 Å². The molecule has 0 spiro atoms. The van der Waals surface area contributed by atoms with Crippen LogP contribution in [0.4, 0.5) is 0 Å². The standard InChI is InChI=1S/C25H32N2O4/c1-17-20-9-5-6-10-21(20)26-22(17)16-27(15-19-8-7-13-31-19)14-18-11-12-23(28-2)25(30-4)24(18)29-3/h5-6,9-12,19,26H,7-8,13-16H2,1-4H3/t19-/m0/s1. The molecule has 31 heavy (non-hydrogen) atoms. The molecule has 0 bridgehead atoms. The number of aromatic amines is 1. The molecule has 2 heterocycles. The Labute approximate surface area is 184 Å². The molecule has 0 unspecified atom stereocenters. The number of rotatable bonds is 9. The highest BCUT2D eigenvalue weighted by Crippen LogP contribution is 2.40. The first-order valence-corrected chi connectivity index (χ1v) is 10.8. The monoisotopic (exact) mass is 424 g/mol. The number of benzene rings is 2. The Morgan fingerprint density at radius 2 is 1.81 bits per heavy atom. The number of nitrogens with zero attached hydrogens (tertiary/aromatic N) is 1. The van der Waals surface area contributed by atoms with Gasteiger partial charge in [0.25, 0.3) is 0 Å². The number of hydrogen-bond acceptors (Lipinski definition) is 5. The summed E-state index contributed by atoms with van der Waals surface area (Å²) < 4.78 is 22.7. The molecule has 6 nitrogen and oxygen atoms in total. The molecule has 3 aromatic rings. The van der Waals surface area contributed by atoms with Crippen LogP contribution in [0.2, 0.25) is 0 Å². The van der Waals surface area contributed by atoms with Crippen molar-refractivity contribution in [2.45, 2.75) is 39.0 Å². The van der Waals surface area contributed by atoms with Crippen molar-refractivity contribution in [2.75, 3.05) is 34.5 Å². The Bertz CT molecular complexity index is 1020. The molecular weight excluding hydrogens is 392 g/mol. The maximum absolute atomic E-state index is 5.96. The maximum Gasteiger partial charge on any atom is 0.203 e. The predicted molar refractivity (Wildman–Crippen MR) is 122 cm³/mol. The molecule has 1 aromatic heterocycles. The SMILES string of the molecule is COc1ccc(CN(Cc2[nH]c3ccccc3c2C)C[C@@H]2CCCO2)c(OC)c1OC. The molecule has 0 saturated carbocycles. The van der Waals surface area contributed by atoms with Gasteiger partial charge in [-0.05, 0) is 37.5 Å². The van der Waals surface area contributed by atoms with Crippen LogP contribution in [0.3, 0.4) is 0 Å². The summed E-state index contributed by atoms with van der Waals surface area (Å²) in [5.74, 6) is 2.01. The molecule has 1 aliphatic heterocycles. The zero-order chi connectivity index (χ0) is 21.8. The topological polar surface area (TPSA) is 56.0 Å². The fourth-order valence-electron chi connectivity index (χ4n) is 4.51. The van der Waals surface area contributed by atoms with E-state index < -0.39 is 0 Å². The molecule has 0 amide bonds. The molecule has 0 aliphatic carbocycles. The average Bonchev–Trinajstić information content (AvgIpc) is 3.41. The van der Waals surface area contributed by atoms with Crippen LogP contribution >= 0.6 is 0 Å². The normalized spacial score (nSPS) is 16.2. The first-order chi connectivity index (χ1) is 15.1. The van der Waals surface area contributed by atoms with Crippen molar-refractivity contribution in [3.8, 4) is 17.2 Å². The minimum absolute atomic E-state index is 0.260. The Hall–Kier alpha value is -2.70. The number of aromatic nitrogens is 1. The van der Waals surface area contributed by atoms with E-state index in [1.165, 1.54) is 22.2 Å². The van der Waals surface area contributed by atoms with Crippen molar-refractivity contribution >= 4 is 10.9 Å². The first kappa shape index (κ1) is 21.5. The van der Waals surface area contributed by atoms with Gasteiger partial charge in [0.05, 0.1) is 27.4 Å². The quantitative estimate of drug-likeness (QED) is 0.540. The van der Waals surface area contributed by atoms with Gasteiger partial charge in [0.15, 0.2) is 11.5 Å². The lowest BCUT2D eigenvalue weighted by atomic mass is 10.1. The van der Waals surface area contributed by atoms with Gasteiger partial charge in [-0.15, -0.1) is 0 Å². The fraction of sp³-hybridized carbons (Fsp3) is 0.440. The number of H-pyrrole nitrogens is 1. The second kappa shape index (κ2) is 9.62. The van der Waals surface area contributed by atoms with Gasteiger partial charge in [-0.3, -0.25) is 4.90 Å². The van der Waals surface area contributed by atoms with Crippen LogP contribution in [-0.4, -0.2) is 50.5 Å². The molecule has 1 N–H and O–H groups in total. The number of methoxy groups -OCH3 is 3. The molecule has 2 aromatic carbocycles. The van der Waals surface area contributed by atoms with Gasteiger partial charge < -0.3 is 23.9 Å². The van der Waals surface area contributed by atoms with E-state index >= 15 is 0 Å². The largest absolute Gasteiger partial charge is 0.493 e. The van der Waals surface area contributed by atoms with Crippen molar-refractivity contribution in [1.82, 2.24) is 9.88 Å². The summed E-state index contributed by atoms with van der Waals surface area (Å²) in [5, 5.41) is 1.28. The van der Waals surface area contributed by atoms with Crippen LogP contribution in [0.25, 0.3) is 10.9 Å². The lowest BCUT2D eigenvalue weighted by Crippen LogP contribution is -2.32. The van der Waals surface area contributed by atoms with Crippen molar-refractivity contribution in [2.24, 2.45) is 0 Å². The summed E-state index contributed by atoms with van der Waals surface area (Å²) >= 11 is 0. The van der Waals surface area contributed by atoms with Crippen molar-refractivity contribution in [1.29, 1.82) is 0 Å². The summed E-state index contributed by atoms with van der Waals surface area (Å²) in [6, 6.07) is 12.5. The molecular formula is C25H32N2O4. The highest BCUT2D eigenvalue weighted by molar-refractivity contribution is 5.84. The highest BCUT2D eigenvalue weighted by Gasteiger charge is 2.23. The van der Waals surface area contributed by atoms with Gasteiger partial charge in [0, 0.05) is 48.4 Å². The van der Waals surface area contributed by atoms with Crippen molar-refractivity contribution in [3.63, 3.8) is 0 Å². The summed E-state index contributed by atoms with van der Waals surface area (Å²) in [6.45, 7) is 5.43. The van der Waals surface area contributed by atoms with Crippen LogP contribution in [0.1, 0.15) is 29.7 Å². The molecule has 6 heteroatoms. The molecule has 1 aliphatic rings. The zero-order valence-electron chi connectivity index (χ0n) is 18.9. The maximum atomic E-state index is 5.96. The van der Waals surface area contributed by atoms with E-state index in [0.717, 1.165) is 44.6 Å². The highest BCUT2D eigenvalue weighted by atomic mass is 16.5. The minimum Gasteiger partial charge on any atom is -0.493 e. The van der Waals surface area contributed by atoms with E-state index in [0.29, 0.717) is 17.2 Å². The van der Waals surface area contributed by atoms with Gasteiger partial charge >= 0.3 is 0 Å². The predicted octanol–water partition coefficient (Wildman–Crippen LogP) is 4.68. The summed E-state index contributed by atoms with van der Waals surface area (Å²) in [5.41, 5.74) is 4.77. The van der Waals surface area contributed by atoms with E-state index in [2.05, 4.69) is 47.1 Å². The van der Waals surface area contributed by atoms with Gasteiger partial charge in [-0.25, -0.2) is 0 Å². The van der Waals surface area contributed by atoms with Gasteiger partial charge in [0.1, 0.15) is 0 Å². The number of hydrogen-bond donors (Lipinski definition) is 1.